The molecule has 0 spiro atoms. The zero-order valence-corrected chi connectivity index (χ0v) is 8.93. The van der Waals surface area contributed by atoms with Gasteiger partial charge in [-0.1, -0.05) is 11.3 Å². The average Bonchev–Trinajstić information content (AvgIpc) is 2.66. The van der Waals surface area contributed by atoms with Crippen LogP contribution in [-0.4, -0.2) is 29.9 Å². The van der Waals surface area contributed by atoms with E-state index >= 15 is 0 Å². The van der Waals surface area contributed by atoms with Crippen LogP contribution in [0, 0.1) is 0 Å². The van der Waals surface area contributed by atoms with Crippen molar-refractivity contribution in [2.24, 2.45) is 0 Å². The molecule has 4 nitrogen and oxygen atoms in total. The number of carbonyl (C=O) groups excluding carboxylic acids is 2. The Morgan fingerprint density at radius 1 is 1.62 bits per heavy atom. The smallest absolute Gasteiger partial charge is 0.297 e. The Labute approximate surface area is 92.7 Å². The van der Waals surface area contributed by atoms with E-state index in [4.69, 9.17) is 0 Å². The first-order valence-corrected chi connectivity index (χ1v) is 5.01. The lowest BCUT2D eigenvalue weighted by atomic mass is 10.5. The summed E-state index contributed by atoms with van der Waals surface area (Å²) in [4.78, 5) is 25.6. The second-order valence-electron chi connectivity index (χ2n) is 2.71. The number of rotatable bonds is 3. The highest BCUT2D eigenvalue weighted by Gasteiger charge is 2.43. The topological polar surface area (TPSA) is 50.3 Å². The van der Waals surface area contributed by atoms with Gasteiger partial charge in [0, 0.05) is 6.54 Å². The van der Waals surface area contributed by atoms with Crippen LogP contribution in [0.15, 0.2) is 6.20 Å². The monoisotopic (exact) mass is 252 g/mol. The molecule has 0 aliphatic rings. The molecule has 1 aromatic heterocycles. The van der Waals surface area contributed by atoms with Gasteiger partial charge in [-0.2, -0.15) is 13.2 Å². The van der Waals surface area contributed by atoms with Crippen molar-refractivity contribution in [3.63, 3.8) is 0 Å². The second kappa shape index (κ2) is 4.60. The summed E-state index contributed by atoms with van der Waals surface area (Å²) in [7, 11) is 0. The van der Waals surface area contributed by atoms with Crippen LogP contribution in [0.25, 0.3) is 0 Å². The number of carbonyl (C=O) groups is 2. The summed E-state index contributed by atoms with van der Waals surface area (Å²) in [5.74, 6) is -1.98. The van der Waals surface area contributed by atoms with Crippen LogP contribution in [0.1, 0.15) is 16.6 Å². The van der Waals surface area contributed by atoms with Gasteiger partial charge >= 0.3 is 12.1 Å². The Balaban J connectivity index is 2.98. The van der Waals surface area contributed by atoms with Gasteiger partial charge in [-0.15, -0.1) is 0 Å². The van der Waals surface area contributed by atoms with Crippen molar-refractivity contribution in [3.05, 3.63) is 11.1 Å². The number of anilines is 1. The van der Waals surface area contributed by atoms with E-state index < -0.39 is 12.1 Å². The maximum Gasteiger partial charge on any atom is 0.471 e. The Morgan fingerprint density at radius 2 is 2.25 bits per heavy atom. The molecule has 0 aromatic carbocycles. The first-order valence-electron chi connectivity index (χ1n) is 4.19. The molecule has 0 fully saturated rings. The third kappa shape index (κ3) is 2.57. The molecule has 0 radical (unpaired) electrons. The van der Waals surface area contributed by atoms with Gasteiger partial charge in [-0.3, -0.25) is 14.5 Å². The first kappa shape index (κ1) is 12.6. The molecule has 1 amide bonds. The maximum absolute atomic E-state index is 12.2. The van der Waals surface area contributed by atoms with Crippen molar-refractivity contribution in [2.45, 2.75) is 13.1 Å². The summed E-state index contributed by atoms with van der Waals surface area (Å²) in [5.41, 5.74) is 0. The first-order chi connectivity index (χ1) is 7.40. The van der Waals surface area contributed by atoms with Gasteiger partial charge in [0.1, 0.15) is 0 Å². The van der Waals surface area contributed by atoms with Gasteiger partial charge in [0.05, 0.1) is 11.1 Å². The predicted molar refractivity (Wildman–Crippen MR) is 51.6 cm³/mol. The summed E-state index contributed by atoms with van der Waals surface area (Å²) in [6.07, 6.45) is -3.35. The van der Waals surface area contributed by atoms with E-state index in [-0.39, 0.29) is 16.6 Å². The van der Waals surface area contributed by atoms with Crippen molar-refractivity contribution in [3.8, 4) is 0 Å². The molecule has 0 bridgehead atoms. The molecule has 1 rings (SSSR count). The molecule has 0 saturated heterocycles. The van der Waals surface area contributed by atoms with Crippen molar-refractivity contribution in [1.82, 2.24) is 4.98 Å². The van der Waals surface area contributed by atoms with E-state index in [9.17, 15) is 22.8 Å². The summed E-state index contributed by atoms with van der Waals surface area (Å²) in [6, 6.07) is 0. The third-order valence-corrected chi connectivity index (χ3v) is 2.61. The lowest BCUT2D eigenvalue weighted by Crippen LogP contribution is -2.41. The highest BCUT2D eigenvalue weighted by Crippen LogP contribution is 2.26. The van der Waals surface area contributed by atoms with Crippen LogP contribution in [-0.2, 0) is 4.79 Å². The number of amides is 1. The lowest BCUT2D eigenvalue weighted by molar-refractivity contribution is -0.170. The Bertz CT molecular complexity index is 402. The minimum atomic E-state index is -4.94. The standard InChI is InChI=1S/C8H7F3N2O2S/c1-2-13(6(15)8(9,10)11)7-12-3-5(4-14)16-7/h3-4H,2H2,1H3. The molecule has 88 valence electrons. The zero-order chi connectivity index (χ0) is 12.3. The van der Waals surface area contributed by atoms with Gasteiger partial charge in [0.15, 0.2) is 11.4 Å². The van der Waals surface area contributed by atoms with Crippen LogP contribution < -0.4 is 4.90 Å². The third-order valence-electron chi connectivity index (χ3n) is 1.66. The number of thiazole rings is 1. The number of nitrogens with zero attached hydrogens (tertiary/aromatic N) is 2. The van der Waals surface area contributed by atoms with Crippen LogP contribution in [0.2, 0.25) is 0 Å². The van der Waals surface area contributed by atoms with Crippen LogP contribution in [0.4, 0.5) is 18.3 Å². The lowest BCUT2D eigenvalue weighted by Gasteiger charge is -2.18. The van der Waals surface area contributed by atoms with Crippen LogP contribution in [0.5, 0.6) is 0 Å². The zero-order valence-electron chi connectivity index (χ0n) is 8.11. The fraction of sp³-hybridized carbons (Fsp3) is 0.375. The largest absolute Gasteiger partial charge is 0.471 e. The molecule has 8 heteroatoms. The number of aldehydes is 1. The summed E-state index contributed by atoms with van der Waals surface area (Å²) < 4.78 is 36.5. The molecule has 16 heavy (non-hydrogen) atoms. The average molecular weight is 252 g/mol. The predicted octanol–water partition coefficient (Wildman–Crippen LogP) is 1.87. The van der Waals surface area contributed by atoms with Gasteiger partial charge in [-0.05, 0) is 6.92 Å². The molecular weight excluding hydrogens is 245 g/mol. The molecule has 0 aliphatic carbocycles. The number of halogens is 3. The Morgan fingerprint density at radius 3 is 2.62 bits per heavy atom. The summed E-state index contributed by atoms with van der Waals surface area (Å²) in [6.45, 7) is 1.23. The highest BCUT2D eigenvalue weighted by atomic mass is 32.1. The van der Waals surface area contributed by atoms with Crippen molar-refractivity contribution < 1.29 is 22.8 Å². The van der Waals surface area contributed by atoms with Crippen molar-refractivity contribution in [2.75, 3.05) is 11.4 Å². The molecule has 0 aliphatic heterocycles. The summed E-state index contributed by atoms with van der Waals surface area (Å²) in [5, 5.41) is -0.132. The van der Waals surface area contributed by atoms with E-state index in [0.717, 1.165) is 17.5 Å². The molecule has 0 atom stereocenters. The van der Waals surface area contributed by atoms with E-state index in [1.807, 2.05) is 0 Å². The quantitative estimate of drug-likeness (QED) is 0.771. The van der Waals surface area contributed by atoms with Gasteiger partial charge in [0.2, 0.25) is 0 Å². The molecule has 0 N–H and O–H groups in total. The van der Waals surface area contributed by atoms with Crippen LogP contribution >= 0.6 is 11.3 Å². The van der Waals surface area contributed by atoms with Crippen molar-refractivity contribution >= 4 is 28.7 Å². The fourth-order valence-corrected chi connectivity index (χ4v) is 1.77. The van der Waals surface area contributed by atoms with E-state index in [1.54, 1.807) is 0 Å². The van der Waals surface area contributed by atoms with Gasteiger partial charge in [0.25, 0.3) is 0 Å². The van der Waals surface area contributed by atoms with Crippen LogP contribution in [0.3, 0.4) is 0 Å². The van der Waals surface area contributed by atoms with E-state index in [0.29, 0.717) is 11.2 Å². The van der Waals surface area contributed by atoms with Gasteiger partial charge < -0.3 is 0 Å². The molecule has 1 aromatic rings. The SMILES string of the molecule is CCN(C(=O)C(F)(F)F)c1ncc(C=O)s1. The number of hydrogen-bond acceptors (Lipinski definition) is 4. The molecule has 0 saturated carbocycles. The van der Waals surface area contributed by atoms with E-state index in [1.165, 1.54) is 6.92 Å². The van der Waals surface area contributed by atoms with E-state index in [2.05, 4.69) is 4.98 Å². The minimum Gasteiger partial charge on any atom is -0.297 e. The molecule has 1 heterocycles. The summed E-state index contributed by atoms with van der Waals surface area (Å²) >= 11 is 0.736. The number of aromatic nitrogens is 1. The van der Waals surface area contributed by atoms with Crippen molar-refractivity contribution in [1.29, 1.82) is 0 Å². The highest BCUT2D eigenvalue weighted by molar-refractivity contribution is 7.17. The second-order valence-corrected chi connectivity index (χ2v) is 3.75. The molecule has 0 unspecified atom stereocenters. The maximum atomic E-state index is 12.2. The number of hydrogen-bond donors (Lipinski definition) is 0. The molecular formula is C8H7F3N2O2S. The number of alkyl halides is 3. The normalized spacial score (nSPS) is 11.2. The Kier molecular flexibility index (Phi) is 3.63. The Hall–Kier alpha value is -1.44. The fourth-order valence-electron chi connectivity index (χ4n) is 0.975. The minimum absolute atomic E-state index is 0.132. The van der Waals surface area contributed by atoms with Gasteiger partial charge in [-0.25, -0.2) is 4.98 Å².